The van der Waals surface area contributed by atoms with E-state index in [9.17, 15) is 4.79 Å². The van der Waals surface area contributed by atoms with Gasteiger partial charge in [0.2, 0.25) is 0 Å². The van der Waals surface area contributed by atoms with Crippen molar-refractivity contribution in [2.45, 2.75) is 6.61 Å². The molecule has 1 rings (SSSR count). The average molecular weight is 166 g/mol. The van der Waals surface area contributed by atoms with Gasteiger partial charge in [0.15, 0.2) is 0 Å². The number of hydrogen-bond donors (Lipinski definition) is 2. The molecule has 0 amide bonds. The highest BCUT2D eigenvalue weighted by molar-refractivity contribution is 5.43. The van der Waals surface area contributed by atoms with Gasteiger partial charge in [-0.25, -0.2) is 4.79 Å². The van der Waals surface area contributed by atoms with Crippen LogP contribution in [0.5, 0.6) is 0 Å². The third-order valence-corrected chi connectivity index (χ3v) is 1.38. The molecule has 0 aromatic heterocycles. The summed E-state index contributed by atoms with van der Waals surface area (Å²) < 4.78 is 4.40. The fourth-order valence-corrected chi connectivity index (χ4v) is 0.788. The normalized spacial score (nSPS) is 9.08. The lowest BCUT2D eigenvalue weighted by Crippen LogP contribution is -1.92. The summed E-state index contributed by atoms with van der Waals surface area (Å²) in [6.07, 6.45) is 0. The zero-order chi connectivity index (χ0) is 8.81. The monoisotopic (exact) mass is 166 g/mol. The number of nitrogens with one attached hydrogen (secondary N) is 1. The van der Waals surface area contributed by atoms with Crippen molar-refractivity contribution in [1.82, 2.24) is 0 Å². The van der Waals surface area contributed by atoms with Crippen molar-refractivity contribution >= 4 is 12.2 Å². The summed E-state index contributed by atoms with van der Waals surface area (Å²) >= 11 is 0. The first kappa shape index (κ1) is 8.55. The van der Waals surface area contributed by atoms with E-state index in [1.54, 1.807) is 24.3 Å². The predicted molar refractivity (Wildman–Crippen MR) is 42.3 cm³/mol. The Morgan fingerprint density at radius 1 is 1.42 bits per heavy atom. The molecule has 0 fully saturated rings. The van der Waals surface area contributed by atoms with E-state index < -0.39 is 0 Å². The van der Waals surface area contributed by atoms with Crippen LogP contribution in [0, 0.1) is 0 Å². The Kier molecular flexibility index (Phi) is 3.10. The Hall–Kier alpha value is -1.55. The maximum absolute atomic E-state index is 9.70. The Morgan fingerprint density at radius 3 is 2.58 bits per heavy atom. The molecule has 4 nitrogen and oxygen atoms in total. The molecule has 12 heavy (non-hydrogen) atoms. The molecule has 0 unspecified atom stereocenters. The lowest BCUT2D eigenvalue weighted by atomic mass is 10.2. The zero-order valence-corrected chi connectivity index (χ0v) is 6.28. The van der Waals surface area contributed by atoms with E-state index in [1.807, 2.05) is 5.48 Å². The highest BCUT2D eigenvalue weighted by Crippen LogP contribution is 2.08. The van der Waals surface area contributed by atoms with Gasteiger partial charge in [-0.1, -0.05) is 12.1 Å². The summed E-state index contributed by atoms with van der Waals surface area (Å²) in [6, 6.07) is 6.80. The van der Waals surface area contributed by atoms with Gasteiger partial charge in [0.05, 0.1) is 5.69 Å². The molecule has 0 heterocycles. The van der Waals surface area contributed by atoms with E-state index in [2.05, 4.69) is 4.74 Å². The van der Waals surface area contributed by atoms with E-state index in [4.69, 9.17) is 5.21 Å². The standard InChI is InChI=1S/C8H8NO3/c10-6-12-5-7-1-3-8(9-11)4-2-7/h1-4,9,11H,5H2. The average Bonchev–Trinajstić information content (AvgIpc) is 2.15. The maximum Gasteiger partial charge on any atom is 0.417 e. The summed E-state index contributed by atoms with van der Waals surface area (Å²) in [5.74, 6) is 0. The van der Waals surface area contributed by atoms with Crippen LogP contribution in [-0.4, -0.2) is 11.7 Å². The first-order chi connectivity index (χ1) is 5.86. The third-order valence-electron chi connectivity index (χ3n) is 1.38. The Balaban J connectivity index is 2.58. The lowest BCUT2D eigenvalue weighted by Gasteiger charge is -2.00. The van der Waals surface area contributed by atoms with E-state index >= 15 is 0 Å². The summed E-state index contributed by atoms with van der Waals surface area (Å²) in [4.78, 5) is 9.70. The molecule has 63 valence electrons. The SMILES string of the molecule is O=[C]OCc1ccc(NO)cc1. The number of hydrogen-bond acceptors (Lipinski definition) is 4. The molecular formula is C8H8NO3. The van der Waals surface area contributed by atoms with E-state index in [0.717, 1.165) is 5.56 Å². The van der Waals surface area contributed by atoms with Crippen LogP contribution in [0.2, 0.25) is 0 Å². The second kappa shape index (κ2) is 4.35. The molecule has 0 aliphatic rings. The van der Waals surface area contributed by atoms with Gasteiger partial charge in [0, 0.05) is 0 Å². The summed E-state index contributed by atoms with van der Waals surface area (Å²) in [7, 11) is 0. The molecule has 0 aliphatic heterocycles. The molecule has 1 aromatic rings. The topological polar surface area (TPSA) is 58.6 Å². The van der Waals surface area contributed by atoms with Gasteiger partial charge in [-0.15, -0.1) is 0 Å². The van der Waals surface area contributed by atoms with Gasteiger partial charge in [0.25, 0.3) is 0 Å². The zero-order valence-electron chi connectivity index (χ0n) is 6.28. The van der Waals surface area contributed by atoms with E-state index in [-0.39, 0.29) is 6.61 Å². The van der Waals surface area contributed by atoms with Crippen molar-refractivity contribution in [2.75, 3.05) is 5.48 Å². The van der Waals surface area contributed by atoms with Crippen LogP contribution in [0.15, 0.2) is 24.3 Å². The quantitative estimate of drug-likeness (QED) is 0.657. The second-order valence-electron chi connectivity index (χ2n) is 2.18. The van der Waals surface area contributed by atoms with Crippen LogP contribution in [0.1, 0.15) is 5.56 Å². The Morgan fingerprint density at radius 2 is 2.08 bits per heavy atom. The van der Waals surface area contributed by atoms with Crippen LogP contribution in [0.25, 0.3) is 0 Å². The van der Waals surface area contributed by atoms with Crippen molar-refractivity contribution < 1.29 is 14.7 Å². The minimum Gasteiger partial charge on any atom is -0.452 e. The van der Waals surface area contributed by atoms with Crippen molar-refractivity contribution in [3.8, 4) is 0 Å². The van der Waals surface area contributed by atoms with E-state index in [0.29, 0.717) is 5.69 Å². The minimum absolute atomic E-state index is 0.204. The number of carbonyl (C=O) groups excluding carboxylic acids is 1. The first-order valence-corrected chi connectivity index (χ1v) is 3.35. The van der Waals surface area contributed by atoms with Gasteiger partial charge >= 0.3 is 6.47 Å². The predicted octanol–water partition coefficient (Wildman–Crippen LogP) is 1.07. The van der Waals surface area contributed by atoms with Crippen LogP contribution in [0.4, 0.5) is 5.69 Å². The fourth-order valence-electron chi connectivity index (χ4n) is 0.788. The van der Waals surface area contributed by atoms with Gasteiger partial charge in [-0.3, -0.25) is 10.7 Å². The van der Waals surface area contributed by atoms with Crippen LogP contribution >= 0.6 is 0 Å². The molecule has 0 saturated carbocycles. The summed E-state index contributed by atoms with van der Waals surface area (Å²) in [5, 5.41) is 8.46. The number of rotatable bonds is 4. The molecule has 0 bridgehead atoms. The van der Waals surface area contributed by atoms with Crippen LogP contribution in [0.3, 0.4) is 0 Å². The molecular weight excluding hydrogens is 158 g/mol. The van der Waals surface area contributed by atoms with Crippen molar-refractivity contribution in [1.29, 1.82) is 0 Å². The molecule has 1 aromatic carbocycles. The van der Waals surface area contributed by atoms with Gasteiger partial charge < -0.3 is 4.74 Å². The van der Waals surface area contributed by atoms with Crippen molar-refractivity contribution in [3.05, 3.63) is 29.8 Å². The largest absolute Gasteiger partial charge is 0.452 e. The number of benzene rings is 1. The lowest BCUT2D eigenvalue weighted by molar-refractivity contribution is 0.267. The third kappa shape index (κ3) is 2.25. The minimum atomic E-state index is 0.204. The maximum atomic E-state index is 9.70. The highest BCUT2D eigenvalue weighted by Gasteiger charge is 1.93. The fraction of sp³-hybridized carbons (Fsp3) is 0.125. The Labute approximate surface area is 69.7 Å². The number of anilines is 1. The number of ether oxygens (including phenoxy) is 1. The van der Waals surface area contributed by atoms with Crippen molar-refractivity contribution in [2.24, 2.45) is 0 Å². The highest BCUT2D eigenvalue weighted by atomic mass is 16.5. The van der Waals surface area contributed by atoms with Gasteiger partial charge in [-0.2, -0.15) is 0 Å². The molecule has 1 radical (unpaired) electrons. The van der Waals surface area contributed by atoms with Gasteiger partial charge in [0.1, 0.15) is 6.61 Å². The second-order valence-corrected chi connectivity index (χ2v) is 2.18. The van der Waals surface area contributed by atoms with E-state index in [1.165, 1.54) is 6.47 Å². The molecule has 2 N–H and O–H groups in total. The molecule has 4 heteroatoms. The smallest absolute Gasteiger partial charge is 0.417 e. The van der Waals surface area contributed by atoms with Crippen LogP contribution in [-0.2, 0) is 16.1 Å². The molecule has 0 spiro atoms. The summed E-state index contributed by atoms with van der Waals surface area (Å²) in [6.45, 7) is 1.53. The molecule has 0 atom stereocenters. The molecule has 0 aliphatic carbocycles. The Bertz CT molecular complexity index is 245. The summed E-state index contributed by atoms with van der Waals surface area (Å²) in [5.41, 5.74) is 3.43. The molecule has 0 saturated heterocycles. The first-order valence-electron chi connectivity index (χ1n) is 3.35. The van der Waals surface area contributed by atoms with Crippen LogP contribution < -0.4 is 5.48 Å². The van der Waals surface area contributed by atoms with Gasteiger partial charge in [-0.05, 0) is 17.7 Å². The van der Waals surface area contributed by atoms with Crippen molar-refractivity contribution in [3.63, 3.8) is 0 Å².